The first-order chi connectivity index (χ1) is 21.8. The number of anilines is 1. The first-order valence-electron chi connectivity index (χ1n) is 16.6. The molecule has 5 heterocycles. The Hall–Kier alpha value is -3.70. The number of nitrogens with zero attached hydrogens (tertiary/aromatic N) is 5. The quantitative estimate of drug-likeness (QED) is 0.455. The highest BCUT2D eigenvalue weighted by atomic mass is 16.4. The molecule has 1 aromatic carbocycles. The van der Waals surface area contributed by atoms with Crippen LogP contribution in [-0.4, -0.2) is 118 Å². The molecule has 0 saturated carbocycles. The number of pyridine rings is 1. The fraction of sp³-hybridized carbons (Fsp3) is 0.588. The second-order valence-electron chi connectivity index (χ2n) is 13.2. The molecule has 45 heavy (non-hydrogen) atoms. The number of piperazine rings is 1. The Morgan fingerprint density at radius 2 is 1.73 bits per heavy atom. The topological polar surface area (TPSA) is 121 Å². The highest BCUT2D eigenvalue weighted by Gasteiger charge is 2.44. The minimum atomic E-state index is -1.02. The van der Waals surface area contributed by atoms with E-state index in [0.717, 1.165) is 73.5 Å². The highest BCUT2D eigenvalue weighted by molar-refractivity contribution is 5.91. The maximum Gasteiger partial charge on any atom is 0.407 e. The first-order valence-corrected chi connectivity index (χ1v) is 16.6. The number of urea groups is 1. The second kappa shape index (κ2) is 13.7. The molecule has 0 bridgehead atoms. The maximum atomic E-state index is 14.5. The zero-order valence-corrected chi connectivity index (χ0v) is 26.6. The van der Waals surface area contributed by atoms with Crippen LogP contribution < -0.4 is 10.6 Å². The van der Waals surface area contributed by atoms with Gasteiger partial charge in [0.2, 0.25) is 5.91 Å². The van der Waals surface area contributed by atoms with Crippen molar-refractivity contribution in [2.24, 2.45) is 5.92 Å². The number of aromatic nitrogens is 1. The van der Waals surface area contributed by atoms with Crippen molar-refractivity contribution in [3.8, 4) is 0 Å². The molecule has 4 aliphatic heterocycles. The second-order valence-corrected chi connectivity index (χ2v) is 13.2. The summed E-state index contributed by atoms with van der Waals surface area (Å²) in [6.45, 7) is 9.86. The standard InChI is InChI=1S/C34H47N7O4/c1-23-19-26(36-22-24(23)2)20-29(32(42)39-17-15-38(16-18-39)27-7-11-35-12-8-27)31-21-28(10-14-41(31)34(44)45)40-13-9-25-5-3-4-6-30(25)37-33(40)43/h3-6,19,22,27-29,31,35H,7-18,20-21H2,1-2H3,(H,37,43)(H,44,45)/t28?,29?,31-/m1/s1. The van der Waals surface area contributed by atoms with Crippen molar-refractivity contribution in [3.05, 3.63) is 58.9 Å². The van der Waals surface area contributed by atoms with Crippen molar-refractivity contribution in [1.29, 1.82) is 0 Å². The van der Waals surface area contributed by atoms with E-state index < -0.39 is 18.1 Å². The Balaban J connectivity index is 1.24. The summed E-state index contributed by atoms with van der Waals surface area (Å²) in [5.41, 5.74) is 4.88. The molecule has 0 aliphatic carbocycles. The molecule has 0 radical (unpaired) electrons. The van der Waals surface area contributed by atoms with Crippen LogP contribution in [0.4, 0.5) is 15.3 Å². The summed E-state index contributed by atoms with van der Waals surface area (Å²) in [4.78, 5) is 53.1. The van der Waals surface area contributed by atoms with E-state index in [4.69, 9.17) is 0 Å². The van der Waals surface area contributed by atoms with Gasteiger partial charge in [0.25, 0.3) is 0 Å². The van der Waals surface area contributed by atoms with Gasteiger partial charge in [-0.25, -0.2) is 9.59 Å². The number of carbonyl (C=O) groups excluding carboxylic acids is 2. The van der Waals surface area contributed by atoms with Crippen LogP contribution in [0, 0.1) is 19.8 Å². The summed E-state index contributed by atoms with van der Waals surface area (Å²) in [6, 6.07) is 9.50. The third kappa shape index (κ3) is 6.94. The number of fused-ring (bicyclic) bond motifs is 1. The molecule has 11 nitrogen and oxygen atoms in total. The molecule has 4 amide bonds. The molecule has 6 rings (SSSR count). The van der Waals surface area contributed by atoms with E-state index >= 15 is 0 Å². The van der Waals surface area contributed by atoms with Gasteiger partial charge in [0.15, 0.2) is 0 Å². The molecule has 242 valence electrons. The number of hydrogen-bond donors (Lipinski definition) is 3. The van der Waals surface area contributed by atoms with Crippen LogP contribution >= 0.6 is 0 Å². The number of hydrogen-bond acceptors (Lipinski definition) is 6. The lowest BCUT2D eigenvalue weighted by atomic mass is 9.83. The number of nitrogens with one attached hydrogen (secondary N) is 2. The normalized spacial score (nSPS) is 24.0. The molecule has 3 saturated heterocycles. The van der Waals surface area contributed by atoms with Crippen molar-refractivity contribution in [2.75, 3.05) is 57.7 Å². The van der Waals surface area contributed by atoms with E-state index in [9.17, 15) is 19.5 Å². The van der Waals surface area contributed by atoms with E-state index in [-0.39, 0.29) is 24.5 Å². The van der Waals surface area contributed by atoms with Crippen LogP contribution in [0.3, 0.4) is 0 Å². The van der Waals surface area contributed by atoms with Gasteiger partial charge in [-0.15, -0.1) is 0 Å². The van der Waals surface area contributed by atoms with Crippen molar-refractivity contribution in [3.63, 3.8) is 0 Å². The summed E-state index contributed by atoms with van der Waals surface area (Å²) >= 11 is 0. The Bertz CT molecular complexity index is 1390. The number of likely N-dealkylation sites (tertiary alicyclic amines) is 1. The third-order valence-electron chi connectivity index (χ3n) is 10.5. The average molecular weight is 618 g/mol. The summed E-state index contributed by atoms with van der Waals surface area (Å²) in [5.74, 6) is -0.610. The lowest BCUT2D eigenvalue weighted by Gasteiger charge is -2.46. The number of carbonyl (C=O) groups is 3. The Labute approximate surface area is 265 Å². The highest BCUT2D eigenvalue weighted by Crippen LogP contribution is 2.32. The molecule has 2 aromatic rings. The molecule has 3 atom stereocenters. The summed E-state index contributed by atoms with van der Waals surface area (Å²) in [5, 5.41) is 16.9. The third-order valence-corrected chi connectivity index (χ3v) is 10.5. The van der Waals surface area contributed by atoms with E-state index in [2.05, 4.69) is 20.5 Å². The van der Waals surface area contributed by atoms with Gasteiger partial charge in [-0.2, -0.15) is 0 Å². The molecule has 3 fully saturated rings. The number of aryl methyl sites for hydroxylation is 2. The first kappa shape index (κ1) is 31.3. The average Bonchev–Trinajstić information content (AvgIpc) is 3.23. The summed E-state index contributed by atoms with van der Waals surface area (Å²) < 4.78 is 0. The maximum absolute atomic E-state index is 14.5. The zero-order chi connectivity index (χ0) is 31.5. The molecule has 1 aromatic heterocycles. The number of para-hydroxylation sites is 1. The fourth-order valence-electron chi connectivity index (χ4n) is 7.74. The van der Waals surface area contributed by atoms with E-state index in [1.807, 2.05) is 60.2 Å². The minimum absolute atomic E-state index is 0.00962. The largest absolute Gasteiger partial charge is 0.465 e. The summed E-state index contributed by atoms with van der Waals surface area (Å²) in [6.07, 6.45) is 5.08. The number of benzene rings is 1. The van der Waals surface area contributed by atoms with Gasteiger partial charge in [-0.05, 0) is 87.9 Å². The van der Waals surface area contributed by atoms with Crippen LogP contribution in [0.15, 0.2) is 36.5 Å². The molecule has 2 unspecified atom stereocenters. The van der Waals surface area contributed by atoms with Crippen molar-refractivity contribution < 1.29 is 19.5 Å². The monoisotopic (exact) mass is 617 g/mol. The van der Waals surface area contributed by atoms with Crippen molar-refractivity contribution >= 4 is 23.7 Å². The zero-order valence-electron chi connectivity index (χ0n) is 26.6. The van der Waals surface area contributed by atoms with Gasteiger partial charge < -0.3 is 30.4 Å². The van der Waals surface area contributed by atoms with Crippen LogP contribution in [-0.2, 0) is 17.6 Å². The SMILES string of the molecule is Cc1cnc(CC(C(=O)N2CCN(C3CCNCC3)CC2)[C@H]2CC(N3CCc4ccccc4NC3=O)CCN2C(=O)O)cc1C. The predicted molar refractivity (Wildman–Crippen MR) is 172 cm³/mol. The Morgan fingerprint density at radius 1 is 0.978 bits per heavy atom. The number of carboxylic acid groups (broad SMARTS) is 1. The summed E-state index contributed by atoms with van der Waals surface area (Å²) in [7, 11) is 0. The van der Waals surface area contributed by atoms with Gasteiger partial charge in [0, 0.05) is 81.4 Å². The molecule has 3 N–H and O–H groups in total. The molecule has 0 spiro atoms. The smallest absolute Gasteiger partial charge is 0.407 e. The van der Waals surface area contributed by atoms with E-state index in [1.54, 1.807) is 0 Å². The number of piperidine rings is 2. The molecular weight excluding hydrogens is 570 g/mol. The predicted octanol–water partition coefficient (Wildman–Crippen LogP) is 3.35. The minimum Gasteiger partial charge on any atom is -0.465 e. The molecule has 4 aliphatic rings. The van der Waals surface area contributed by atoms with E-state index in [0.29, 0.717) is 44.9 Å². The lowest BCUT2D eigenvalue weighted by molar-refractivity contribution is -0.140. The Kier molecular flexibility index (Phi) is 9.56. The van der Waals surface area contributed by atoms with Gasteiger partial charge in [-0.3, -0.25) is 14.7 Å². The number of amides is 4. The molecule has 11 heteroatoms. The number of rotatable bonds is 6. The van der Waals surface area contributed by atoms with Crippen LogP contribution in [0.2, 0.25) is 0 Å². The van der Waals surface area contributed by atoms with Crippen LogP contribution in [0.25, 0.3) is 0 Å². The van der Waals surface area contributed by atoms with Crippen LogP contribution in [0.1, 0.15) is 48.1 Å². The van der Waals surface area contributed by atoms with Gasteiger partial charge in [0.1, 0.15) is 0 Å². The van der Waals surface area contributed by atoms with E-state index in [1.165, 1.54) is 4.90 Å². The molecular formula is C34H47N7O4. The van der Waals surface area contributed by atoms with Gasteiger partial charge in [0.05, 0.1) is 5.92 Å². The van der Waals surface area contributed by atoms with Crippen molar-refractivity contribution in [1.82, 2.24) is 29.9 Å². The Morgan fingerprint density at radius 3 is 2.47 bits per heavy atom. The fourth-order valence-corrected chi connectivity index (χ4v) is 7.74. The van der Waals surface area contributed by atoms with Gasteiger partial charge >= 0.3 is 12.1 Å². The lowest BCUT2D eigenvalue weighted by Crippen LogP contribution is -2.60. The van der Waals surface area contributed by atoms with Crippen LogP contribution in [0.5, 0.6) is 0 Å². The van der Waals surface area contributed by atoms with Gasteiger partial charge in [-0.1, -0.05) is 18.2 Å². The van der Waals surface area contributed by atoms with Crippen molar-refractivity contribution in [2.45, 2.75) is 70.5 Å².